The summed E-state index contributed by atoms with van der Waals surface area (Å²) in [7, 11) is 0. The predicted molar refractivity (Wildman–Crippen MR) is 156 cm³/mol. The minimum Gasteiger partial charge on any atom is -0.370 e. The summed E-state index contributed by atoms with van der Waals surface area (Å²) < 4.78 is 0. The third kappa shape index (κ3) is 10.2. The van der Waals surface area contributed by atoms with Gasteiger partial charge in [-0.15, -0.1) is 0 Å². The van der Waals surface area contributed by atoms with E-state index < -0.39 is 72.5 Å². The number of aliphatic imine (C=N–C) groups is 1. The number of aliphatic hydroxyl groups excluding tert-OH is 1. The Morgan fingerprint density at radius 3 is 2.23 bits per heavy atom. The topological polar surface area (TPSA) is 250 Å². The number of amides is 5. The molecular weight excluding hydrogens is 560 g/mol. The second kappa shape index (κ2) is 15.8. The Kier molecular flexibility index (Phi) is 12.3. The van der Waals surface area contributed by atoms with Gasteiger partial charge >= 0.3 is 0 Å². The monoisotopic (exact) mass is 602 g/mol. The van der Waals surface area contributed by atoms with E-state index in [9.17, 15) is 34.2 Å². The van der Waals surface area contributed by atoms with Crippen molar-refractivity contribution in [2.75, 3.05) is 13.1 Å². The standard InChI is InChI=1S/C28H42N8O7/c29-27(30)31-13-7-10-18-23(40)32-16-21(37)33-20(15-22(38)39)24(41)34-19(14-17-8-3-1-4-9-17)25(42)36-28(26(43)35-18)11-5-2-6-12-28/h1,3-4,8-9,18-20,22,38-39H,2,5-7,10-16H2,(H,32,40)(H,33,37)(H,34,41)(H,35,43)(H,36,42)(H4,29,30,31)/t18-,19+,20-/m0/s1. The highest BCUT2D eigenvalue weighted by Crippen LogP contribution is 2.29. The molecular formula is C28H42N8O7. The quantitative estimate of drug-likeness (QED) is 0.0653. The molecule has 2 aliphatic rings. The number of nitrogens with two attached hydrogens (primary N) is 2. The molecule has 1 aliphatic heterocycles. The van der Waals surface area contributed by atoms with Crippen molar-refractivity contribution >= 4 is 35.5 Å². The summed E-state index contributed by atoms with van der Waals surface area (Å²) in [5.74, 6) is -3.58. The van der Waals surface area contributed by atoms with Gasteiger partial charge in [0.1, 0.15) is 23.7 Å². The van der Waals surface area contributed by atoms with Gasteiger partial charge in [0.25, 0.3) is 0 Å². The summed E-state index contributed by atoms with van der Waals surface area (Å²) in [6.07, 6.45) is 0.809. The number of carbonyl (C=O) groups is 5. The predicted octanol–water partition coefficient (Wildman–Crippen LogP) is -2.61. The third-order valence-electron chi connectivity index (χ3n) is 7.51. The Bertz CT molecular complexity index is 1170. The van der Waals surface area contributed by atoms with E-state index in [1.165, 1.54) is 0 Å². The second-order valence-corrected chi connectivity index (χ2v) is 10.9. The van der Waals surface area contributed by atoms with Crippen molar-refractivity contribution in [3.8, 4) is 0 Å². The zero-order valence-corrected chi connectivity index (χ0v) is 24.0. The molecule has 1 aromatic carbocycles. The molecule has 11 N–H and O–H groups in total. The third-order valence-corrected chi connectivity index (χ3v) is 7.51. The smallest absolute Gasteiger partial charge is 0.246 e. The van der Waals surface area contributed by atoms with Gasteiger partial charge in [0.2, 0.25) is 29.5 Å². The van der Waals surface area contributed by atoms with Crippen molar-refractivity contribution in [1.29, 1.82) is 0 Å². The molecule has 0 unspecified atom stereocenters. The minimum absolute atomic E-state index is 0.0614. The van der Waals surface area contributed by atoms with Crippen LogP contribution in [0.3, 0.4) is 0 Å². The Morgan fingerprint density at radius 2 is 1.58 bits per heavy atom. The number of carbonyl (C=O) groups excluding carboxylic acids is 5. The van der Waals surface area contributed by atoms with Crippen LogP contribution in [0.25, 0.3) is 0 Å². The average Bonchev–Trinajstić information content (AvgIpc) is 2.96. The van der Waals surface area contributed by atoms with Gasteiger partial charge in [-0.3, -0.25) is 29.0 Å². The Labute approximate surface area is 249 Å². The summed E-state index contributed by atoms with van der Waals surface area (Å²) >= 11 is 0. The molecule has 43 heavy (non-hydrogen) atoms. The van der Waals surface area contributed by atoms with Gasteiger partial charge in [-0.25, -0.2) is 0 Å². The number of benzene rings is 1. The molecule has 3 atom stereocenters. The highest BCUT2D eigenvalue weighted by molar-refractivity contribution is 5.98. The van der Waals surface area contributed by atoms with E-state index in [0.717, 1.165) is 12.0 Å². The van der Waals surface area contributed by atoms with Gasteiger partial charge in [-0.05, 0) is 31.2 Å². The van der Waals surface area contributed by atoms with E-state index in [2.05, 4.69) is 31.6 Å². The van der Waals surface area contributed by atoms with E-state index in [0.29, 0.717) is 32.1 Å². The fourth-order valence-corrected chi connectivity index (χ4v) is 5.27. The molecule has 1 aliphatic carbocycles. The molecule has 236 valence electrons. The van der Waals surface area contributed by atoms with Crippen molar-refractivity contribution in [2.24, 2.45) is 16.5 Å². The van der Waals surface area contributed by atoms with Crippen LogP contribution in [0.1, 0.15) is 56.9 Å². The molecule has 1 aromatic rings. The molecule has 0 bridgehead atoms. The number of nitrogens with zero attached hydrogens (tertiary/aromatic N) is 1. The maximum atomic E-state index is 13.8. The fraction of sp³-hybridized carbons (Fsp3) is 0.571. The van der Waals surface area contributed by atoms with Crippen molar-refractivity contribution in [2.45, 2.75) is 87.7 Å². The largest absolute Gasteiger partial charge is 0.370 e. The van der Waals surface area contributed by atoms with Crippen LogP contribution in [0.5, 0.6) is 0 Å². The minimum atomic E-state index is -1.95. The second-order valence-electron chi connectivity index (χ2n) is 10.9. The first-order valence-electron chi connectivity index (χ1n) is 14.4. The van der Waals surface area contributed by atoms with Crippen molar-refractivity contribution in [3.63, 3.8) is 0 Å². The molecule has 1 saturated heterocycles. The van der Waals surface area contributed by atoms with Crippen molar-refractivity contribution in [1.82, 2.24) is 26.6 Å². The van der Waals surface area contributed by atoms with Crippen LogP contribution in [0, 0.1) is 0 Å². The van der Waals surface area contributed by atoms with Crippen molar-refractivity contribution < 1.29 is 34.2 Å². The summed E-state index contributed by atoms with van der Waals surface area (Å²) in [6.45, 7) is -0.357. The molecule has 0 radical (unpaired) electrons. The van der Waals surface area contributed by atoms with Gasteiger partial charge in [0, 0.05) is 19.4 Å². The summed E-state index contributed by atoms with van der Waals surface area (Å²) in [5, 5.41) is 32.3. The van der Waals surface area contributed by atoms with Crippen LogP contribution < -0.4 is 38.1 Å². The number of aliphatic hydroxyl groups is 2. The van der Waals surface area contributed by atoms with Crippen LogP contribution in [0.15, 0.2) is 35.3 Å². The van der Waals surface area contributed by atoms with Gasteiger partial charge in [-0.1, -0.05) is 49.6 Å². The van der Waals surface area contributed by atoms with E-state index in [1.807, 2.05) is 0 Å². The molecule has 1 heterocycles. The van der Waals surface area contributed by atoms with Gasteiger partial charge in [0.15, 0.2) is 12.2 Å². The summed E-state index contributed by atoms with van der Waals surface area (Å²) in [5.41, 5.74) is 10.1. The van der Waals surface area contributed by atoms with Crippen LogP contribution >= 0.6 is 0 Å². The van der Waals surface area contributed by atoms with Gasteiger partial charge < -0.3 is 48.3 Å². The lowest BCUT2D eigenvalue weighted by molar-refractivity contribution is -0.139. The lowest BCUT2D eigenvalue weighted by atomic mass is 9.80. The maximum absolute atomic E-state index is 13.8. The van der Waals surface area contributed by atoms with E-state index in [1.54, 1.807) is 30.3 Å². The first-order chi connectivity index (χ1) is 20.5. The zero-order valence-electron chi connectivity index (χ0n) is 24.0. The van der Waals surface area contributed by atoms with E-state index >= 15 is 0 Å². The molecule has 3 rings (SSSR count). The highest BCUT2D eigenvalue weighted by Gasteiger charge is 2.44. The van der Waals surface area contributed by atoms with Gasteiger partial charge in [-0.2, -0.15) is 0 Å². The Balaban J connectivity index is 1.97. The molecule has 2 fully saturated rings. The summed E-state index contributed by atoms with van der Waals surface area (Å²) in [4.78, 5) is 70.7. The number of guanidine groups is 1. The summed E-state index contributed by atoms with van der Waals surface area (Å²) in [6, 6.07) is 5.23. The first kappa shape index (κ1) is 33.3. The molecule has 15 heteroatoms. The van der Waals surface area contributed by atoms with E-state index in [4.69, 9.17) is 11.5 Å². The molecule has 5 amide bonds. The van der Waals surface area contributed by atoms with Gasteiger partial charge in [0.05, 0.1) is 6.54 Å². The van der Waals surface area contributed by atoms with Crippen LogP contribution in [0.4, 0.5) is 0 Å². The average molecular weight is 603 g/mol. The fourth-order valence-electron chi connectivity index (χ4n) is 5.27. The lowest BCUT2D eigenvalue weighted by Crippen LogP contribution is -2.65. The number of nitrogens with one attached hydrogen (secondary N) is 5. The number of hydrogen-bond donors (Lipinski definition) is 9. The Morgan fingerprint density at radius 1 is 0.884 bits per heavy atom. The number of hydrogen-bond acceptors (Lipinski definition) is 8. The Hall–Kier alpha value is -4.24. The maximum Gasteiger partial charge on any atom is 0.246 e. The van der Waals surface area contributed by atoms with Crippen LogP contribution in [-0.2, 0) is 30.4 Å². The first-order valence-corrected chi connectivity index (χ1v) is 14.4. The number of rotatable bonds is 8. The van der Waals surface area contributed by atoms with Crippen LogP contribution in [0.2, 0.25) is 0 Å². The SMILES string of the molecule is NC(N)=NCCC[C@@H]1NC(=O)C2(CCCCC2)NC(=O)[C@@H](Cc2ccccc2)NC(=O)[C@H](CC(O)O)NC(=O)CNC1=O. The molecule has 15 nitrogen and oxygen atoms in total. The van der Waals surface area contributed by atoms with Crippen molar-refractivity contribution in [3.05, 3.63) is 35.9 Å². The molecule has 1 spiro atoms. The molecule has 1 saturated carbocycles. The lowest BCUT2D eigenvalue weighted by Gasteiger charge is -2.38. The molecule has 0 aromatic heterocycles. The zero-order chi connectivity index (χ0) is 31.4. The van der Waals surface area contributed by atoms with E-state index in [-0.39, 0.29) is 25.3 Å². The van der Waals surface area contributed by atoms with Crippen LogP contribution in [-0.4, -0.2) is 88.8 Å². The normalized spacial score (nSPS) is 23.6. The highest BCUT2D eigenvalue weighted by atomic mass is 16.5.